The van der Waals surface area contributed by atoms with E-state index in [1.54, 1.807) is 6.92 Å². The first-order valence-corrected chi connectivity index (χ1v) is 5.54. The summed E-state index contributed by atoms with van der Waals surface area (Å²) in [5, 5.41) is 16.6. The van der Waals surface area contributed by atoms with E-state index in [9.17, 15) is 9.18 Å². The molecule has 0 bridgehead atoms. The molecule has 0 fully saturated rings. The fraction of sp³-hybridized carbons (Fsp3) is 0.182. The van der Waals surface area contributed by atoms with Crippen molar-refractivity contribution in [3.8, 4) is 11.3 Å². The van der Waals surface area contributed by atoms with Gasteiger partial charge in [0, 0.05) is 17.1 Å². The molecule has 0 spiro atoms. The Bertz CT molecular complexity index is 612. The number of benzene rings is 1. The van der Waals surface area contributed by atoms with Gasteiger partial charge in [-0.15, -0.1) is 5.10 Å². The molecule has 94 valence electrons. The van der Waals surface area contributed by atoms with Crippen LogP contribution in [-0.2, 0) is 6.54 Å². The van der Waals surface area contributed by atoms with Crippen molar-refractivity contribution in [3.05, 3.63) is 34.7 Å². The summed E-state index contributed by atoms with van der Waals surface area (Å²) in [7, 11) is 0. The first kappa shape index (κ1) is 12.5. The van der Waals surface area contributed by atoms with Crippen molar-refractivity contribution in [2.24, 2.45) is 0 Å². The highest BCUT2D eigenvalue weighted by atomic mass is 35.5. The van der Waals surface area contributed by atoms with Crippen LogP contribution in [0.15, 0.2) is 18.2 Å². The van der Waals surface area contributed by atoms with Crippen LogP contribution in [0.3, 0.4) is 0 Å². The van der Waals surface area contributed by atoms with Crippen LogP contribution in [0, 0.1) is 5.82 Å². The zero-order valence-electron chi connectivity index (χ0n) is 9.39. The molecule has 0 unspecified atom stereocenters. The van der Waals surface area contributed by atoms with Gasteiger partial charge in [-0.1, -0.05) is 16.8 Å². The normalized spacial score (nSPS) is 10.6. The lowest BCUT2D eigenvalue weighted by Crippen LogP contribution is -2.04. The van der Waals surface area contributed by atoms with Crippen molar-refractivity contribution in [3.63, 3.8) is 0 Å². The van der Waals surface area contributed by atoms with Gasteiger partial charge in [-0.2, -0.15) is 0 Å². The van der Waals surface area contributed by atoms with Crippen molar-refractivity contribution in [1.82, 2.24) is 15.0 Å². The third kappa shape index (κ3) is 2.06. The topological polar surface area (TPSA) is 68.0 Å². The first-order valence-electron chi connectivity index (χ1n) is 5.16. The van der Waals surface area contributed by atoms with Crippen LogP contribution in [0.5, 0.6) is 0 Å². The second kappa shape index (κ2) is 4.73. The van der Waals surface area contributed by atoms with Crippen LogP contribution in [0.4, 0.5) is 4.39 Å². The fourth-order valence-electron chi connectivity index (χ4n) is 1.62. The molecule has 1 aromatic carbocycles. The molecule has 0 aliphatic carbocycles. The number of hydrogen-bond acceptors (Lipinski definition) is 3. The van der Waals surface area contributed by atoms with Gasteiger partial charge in [0.15, 0.2) is 5.69 Å². The van der Waals surface area contributed by atoms with E-state index in [0.717, 1.165) is 0 Å². The Labute approximate surface area is 107 Å². The smallest absolute Gasteiger partial charge is 0.358 e. The van der Waals surface area contributed by atoms with Crippen molar-refractivity contribution in [2.75, 3.05) is 0 Å². The zero-order valence-corrected chi connectivity index (χ0v) is 10.1. The van der Waals surface area contributed by atoms with Crippen molar-refractivity contribution < 1.29 is 14.3 Å². The van der Waals surface area contributed by atoms with Gasteiger partial charge in [0.2, 0.25) is 0 Å². The molecule has 7 heteroatoms. The lowest BCUT2D eigenvalue weighted by molar-refractivity contribution is 0.0691. The van der Waals surface area contributed by atoms with Gasteiger partial charge < -0.3 is 5.11 Å². The first-order chi connectivity index (χ1) is 8.54. The van der Waals surface area contributed by atoms with Crippen molar-refractivity contribution in [1.29, 1.82) is 0 Å². The van der Waals surface area contributed by atoms with E-state index in [1.165, 1.54) is 22.9 Å². The number of aromatic carboxylic acids is 1. The third-order valence-corrected chi connectivity index (χ3v) is 2.66. The van der Waals surface area contributed by atoms with Crippen molar-refractivity contribution in [2.45, 2.75) is 13.5 Å². The van der Waals surface area contributed by atoms with Crippen LogP contribution < -0.4 is 0 Å². The lowest BCUT2D eigenvalue weighted by Gasteiger charge is -2.06. The maximum atomic E-state index is 13.8. The van der Waals surface area contributed by atoms with Gasteiger partial charge in [-0.05, 0) is 25.1 Å². The van der Waals surface area contributed by atoms with E-state index in [-0.39, 0.29) is 17.0 Å². The second-order valence-corrected chi connectivity index (χ2v) is 3.97. The average molecular weight is 270 g/mol. The van der Waals surface area contributed by atoms with Crippen molar-refractivity contribution >= 4 is 17.6 Å². The van der Waals surface area contributed by atoms with Gasteiger partial charge in [0.05, 0.1) is 0 Å². The number of halogens is 2. The van der Waals surface area contributed by atoms with Gasteiger partial charge in [-0.3, -0.25) is 0 Å². The van der Waals surface area contributed by atoms with Crippen LogP contribution in [0.1, 0.15) is 17.4 Å². The minimum atomic E-state index is -1.26. The highest BCUT2D eigenvalue weighted by Gasteiger charge is 2.22. The van der Waals surface area contributed by atoms with Gasteiger partial charge in [0.1, 0.15) is 11.5 Å². The van der Waals surface area contributed by atoms with E-state index in [4.69, 9.17) is 16.7 Å². The molecule has 5 nitrogen and oxygen atoms in total. The maximum absolute atomic E-state index is 13.8. The number of hydrogen-bond donors (Lipinski definition) is 1. The number of carboxylic acid groups (broad SMARTS) is 1. The number of nitrogens with zero attached hydrogens (tertiary/aromatic N) is 3. The molecule has 1 heterocycles. The molecule has 0 aliphatic heterocycles. The summed E-state index contributed by atoms with van der Waals surface area (Å²) in [4.78, 5) is 11.0. The minimum Gasteiger partial charge on any atom is -0.476 e. The lowest BCUT2D eigenvalue weighted by atomic mass is 10.1. The van der Waals surface area contributed by atoms with E-state index in [0.29, 0.717) is 11.6 Å². The highest BCUT2D eigenvalue weighted by Crippen LogP contribution is 2.28. The molecule has 0 saturated carbocycles. The molecule has 1 N–H and O–H groups in total. The molecule has 0 radical (unpaired) electrons. The summed E-state index contributed by atoms with van der Waals surface area (Å²) in [5.41, 5.74) is -0.102. The largest absolute Gasteiger partial charge is 0.476 e. The Morgan fingerprint density at radius 3 is 2.89 bits per heavy atom. The molecule has 0 saturated heterocycles. The summed E-state index contributed by atoms with van der Waals surface area (Å²) in [6, 6.07) is 3.92. The Balaban J connectivity index is 2.72. The highest BCUT2D eigenvalue weighted by molar-refractivity contribution is 6.30. The quantitative estimate of drug-likeness (QED) is 0.929. The molecule has 0 aliphatic rings. The van der Waals surface area contributed by atoms with Crippen LogP contribution in [0.25, 0.3) is 11.3 Å². The van der Waals surface area contributed by atoms with Crippen LogP contribution >= 0.6 is 11.6 Å². The predicted molar refractivity (Wildman–Crippen MR) is 63.1 cm³/mol. The summed E-state index contributed by atoms with van der Waals surface area (Å²) in [5.74, 6) is -1.83. The molecule has 0 atom stereocenters. The Morgan fingerprint density at radius 1 is 1.56 bits per heavy atom. The molecule has 18 heavy (non-hydrogen) atoms. The zero-order chi connectivity index (χ0) is 13.3. The van der Waals surface area contributed by atoms with Gasteiger partial charge in [0.25, 0.3) is 0 Å². The molecular weight excluding hydrogens is 261 g/mol. The Hall–Kier alpha value is -1.95. The van der Waals surface area contributed by atoms with E-state index in [1.807, 2.05) is 0 Å². The monoisotopic (exact) mass is 269 g/mol. The van der Waals surface area contributed by atoms with Gasteiger partial charge in [-0.25, -0.2) is 13.9 Å². The van der Waals surface area contributed by atoms with E-state index < -0.39 is 11.8 Å². The summed E-state index contributed by atoms with van der Waals surface area (Å²) in [6.07, 6.45) is 0. The Morgan fingerprint density at radius 2 is 2.28 bits per heavy atom. The van der Waals surface area contributed by atoms with Gasteiger partial charge >= 0.3 is 5.97 Å². The summed E-state index contributed by atoms with van der Waals surface area (Å²) in [6.45, 7) is 2.13. The summed E-state index contributed by atoms with van der Waals surface area (Å²) >= 11 is 5.80. The molecule has 1 aromatic heterocycles. The molecular formula is C11H9ClFN3O2. The maximum Gasteiger partial charge on any atom is 0.358 e. The number of carboxylic acids is 1. The number of aromatic nitrogens is 3. The fourth-order valence-corrected chi connectivity index (χ4v) is 1.80. The number of carbonyl (C=O) groups is 1. The summed E-state index contributed by atoms with van der Waals surface area (Å²) < 4.78 is 15.1. The number of aryl methyl sites for hydroxylation is 1. The standard InChI is InChI=1S/C11H9ClFN3O2/c1-2-16-10(9(11(17)18)14-15-16)7-5-6(12)3-4-8(7)13/h3-5H,2H2,1H3,(H,17,18). The third-order valence-electron chi connectivity index (χ3n) is 2.42. The number of rotatable bonds is 3. The Kier molecular flexibility index (Phi) is 3.29. The van der Waals surface area contributed by atoms with Crippen LogP contribution in [0.2, 0.25) is 5.02 Å². The molecule has 0 amide bonds. The van der Waals surface area contributed by atoms with E-state index >= 15 is 0 Å². The second-order valence-electron chi connectivity index (χ2n) is 3.53. The predicted octanol–water partition coefficient (Wildman–Crippen LogP) is 2.46. The molecule has 2 aromatic rings. The van der Waals surface area contributed by atoms with E-state index in [2.05, 4.69) is 10.3 Å². The molecule has 2 rings (SSSR count). The average Bonchev–Trinajstić information content (AvgIpc) is 2.75. The van der Waals surface area contributed by atoms with Crippen LogP contribution in [-0.4, -0.2) is 26.1 Å². The SMILES string of the molecule is CCn1nnc(C(=O)O)c1-c1cc(Cl)ccc1F. The minimum absolute atomic E-state index is 0.0757.